The first-order valence-electron chi connectivity index (χ1n) is 8.78. The Labute approximate surface area is 129 Å². The lowest BCUT2D eigenvalue weighted by molar-refractivity contribution is -0.132. The van der Waals surface area contributed by atoms with Crippen LogP contribution in [0.15, 0.2) is 0 Å². The summed E-state index contributed by atoms with van der Waals surface area (Å²) in [7, 11) is 0. The highest BCUT2D eigenvalue weighted by Crippen LogP contribution is 2.33. The topological polar surface area (TPSA) is 64.4 Å². The van der Waals surface area contributed by atoms with E-state index in [9.17, 15) is 4.79 Å². The van der Waals surface area contributed by atoms with Gasteiger partial charge in [0.05, 0.1) is 5.60 Å². The monoisotopic (exact) mass is 296 g/mol. The number of nitrogens with one attached hydrogen (secondary N) is 1. The Hall–Kier alpha value is -0.610. The summed E-state index contributed by atoms with van der Waals surface area (Å²) in [5.74, 6) is 0.739. The lowest BCUT2D eigenvalue weighted by Gasteiger charge is -2.41. The van der Waals surface area contributed by atoms with Crippen LogP contribution in [0, 0.1) is 11.8 Å². The van der Waals surface area contributed by atoms with Gasteiger partial charge in [-0.1, -0.05) is 26.7 Å². The second-order valence-electron chi connectivity index (χ2n) is 6.82. The molecule has 2 aliphatic rings. The van der Waals surface area contributed by atoms with Crippen LogP contribution in [0.2, 0.25) is 0 Å². The third kappa shape index (κ3) is 3.98. The van der Waals surface area contributed by atoms with Gasteiger partial charge >= 0.3 is 0 Å². The Morgan fingerprint density at radius 3 is 2.62 bits per heavy atom. The minimum atomic E-state index is -0.0317. The maximum Gasteiger partial charge on any atom is 0.223 e. The molecule has 1 saturated carbocycles. The Balaban J connectivity index is 1.92. The molecule has 4 heteroatoms. The van der Waals surface area contributed by atoms with Crippen LogP contribution < -0.4 is 11.1 Å². The van der Waals surface area contributed by atoms with Gasteiger partial charge in [0.2, 0.25) is 5.91 Å². The van der Waals surface area contributed by atoms with Gasteiger partial charge < -0.3 is 15.8 Å². The Morgan fingerprint density at radius 1 is 1.24 bits per heavy atom. The number of carbonyl (C=O) groups excluding carboxylic acids is 1. The molecular weight excluding hydrogens is 264 g/mol. The molecule has 2 fully saturated rings. The lowest BCUT2D eigenvalue weighted by atomic mass is 9.78. The number of hydrogen-bond donors (Lipinski definition) is 2. The van der Waals surface area contributed by atoms with Crippen molar-refractivity contribution < 1.29 is 9.53 Å². The first-order chi connectivity index (χ1) is 10.1. The fraction of sp³-hybridized carbons (Fsp3) is 0.941. The highest BCUT2D eigenvalue weighted by atomic mass is 16.5. The maximum absolute atomic E-state index is 12.6. The summed E-state index contributed by atoms with van der Waals surface area (Å²) >= 11 is 0. The van der Waals surface area contributed by atoms with E-state index in [1.807, 2.05) is 0 Å². The van der Waals surface area contributed by atoms with Crippen molar-refractivity contribution in [2.24, 2.45) is 17.6 Å². The molecule has 1 saturated heterocycles. The van der Waals surface area contributed by atoms with Gasteiger partial charge in [-0.2, -0.15) is 0 Å². The van der Waals surface area contributed by atoms with E-state index >= 15 is 0 Å². The van der Waals surface area contributed by atoms with Crippen LogP contribution in [0.25, 0.3) is 0 Å². The van der Waals surface area contributed by atoms with Crippen molar-refractivity contribution in [1.29, 1.82) is 0 Å². The molecule has 0 radical (unpaired) electrons. The summed E-state index contributed by atoms with van der Waals surface area (Å²) in [5.41, 5.74) is 5.82. The minimum absolute atomic E-state index is 0.0317. The SMILES string of the molecule is CCC1(CC)CC(NC(=O)C2CCCCC2CN)CCO1. The number of hydrogen-bond acceptors (Lipinski definition) is 3. The fourth-order valence-electron chi connectivity index (χ4n) is 4.04. The smallest absolute Gasteiger partial charge is 0.223 e. The molecule has 0 aromatic rings. The van der Waals surface area contributed by atoms with Crippen LogP contribution in [0.3, 0.4) is 0 Å². The summed E-state index contributed by atoms with van der Waals surface area (Å²) in [6, 6.07) is 0.270. The van der Waals surface area contributed by atoms with E-state index in [0.717, 1.165) is 51.6 Å². The number of ether oxygens (including phenoxy) is 1. The van der Waals surface area contributed by atoms with Crippen LogP contribution >= 0.6 is 0 Å². The van der Waals surface area contributed by atoms with Gasteiger partial charge in [-0.3, -0.25) is 4.79 Å². The zero-order chi connectivity index (χ0) is 15.3. The standard InChI is InChI=1S/C17H32N2O2/c1-3-17(4-2)11-14(9-10-21-17)19-16(20)15-8-6-5-7-13(15)12-18/h13-15H,3-12,18H2,1-2H3,(H,19,20). The van der Waals surface area contributed by atoms with Crippen molar-refractivity contribution in [3.63, 3.8) is 0 Å². The Morgan fingerprint density at radius 2 is 1.95 bits per heavy atom. The number of carbonyl (C=O) groups is 1. The van der Waals surface area contributed by atoms with Gasteiger partial charge in [0, 0.05) is 18.6 Å². The molecule has 0 spiro atoms. The third-order valence-corrected chi connectivity index (χ3v) is 5.68. The molecule has 4 nitrogen and oxygen atoms in total. The molecule has 21 heavy (non-hydrogen) atoms. The van der Waals surface area contributed by atoms with E-state index in [1.165, 1.54) is 6.42 Å². The van der Waals surface area contributed by atoms with Gasteiger partial charge in [0.25, 0.3) is 0 Å². The van der Waals surface area contributed by atoms with E-state index in [2.05, 4.69) is 19.2 Å². The fourth-order valence-corrected chi connectivity index (χ4v) is 4.04. The van der Waals surface area contributed by atoms with Gasteiger partial charge in [-0.05, 0) is 51.0 Å². The number of nitrogens with two attached hydrogens (primary N) is 1. The molecule has 0 aromatic carbocycles. The Kier molecular flexibility index (Phi) is 6.06. The molecule has 3 N–H and O–H groups in total. The van der Waals surface area contributed by atoms with Gasteiger partial charge in [0.1, 0.15) is 0 Å². The molecule has 1 amide bonds. The van der Waals surface area contributed by atoms with E-state index in [4.69, 9.17) is 10.5 Å². The third-order valence-electron chi connectivity index (χ3n) is 5.68. The predicted octanol–water partition coefficient (Wildman–Crippen LogP) is 2.61. The van der Waals surface area contributed by atoms with Gasteiger partial charge in [-0.25, -0.2) is 0 Å². The zero-order valence-corrected chi connectivity index (χ0v) is 13.7. The number of rotatable bonds is 5. The molecule has 0 bridgehead atoms. The highest BCUT2D eigenvalue weighted by Gasteiger charge is 2.37. The molecule has 3 atom stereocenters. The van der Waals surface area contributed by atoms with Crippen LogP contribution in [0.4, 0.5) is 0 Å². The molecular formula is C17H32N2O2. The second kappa shape index (κ2) is 7.59. The van der Waals surface area contributed by atoms with Gasteiger partial charge in [0.15, 0.2) is 0 Å². The van der Waals surface area contributed by atoms with Crippen molar-refractivity contribution in [2.75, 3.05) is 13.2 Å². The second-order valence-corrected chi connectivity index (χ2v) is 6.82. The van der Waals surface area contributed by atoms with Gasteiger partial charge in [-0.15, -0.1) is 0 Å². The van der Waals surface area contributed by atoms with Crippen molar-refractivity contribution in [2.45, 2.75) is 76.9 Å². The zero-order valence-electron chi connectivity index (χ0n) is 13.7. The van der Waals surface area contributed by atoms with E-state index in [1.54, 1.807) is 0 Å². The molecule has 2 rings (SSSR count). The minimum Gasteiger partial charge on any atom is -0.375 e. The van der Waals surface area contributed by atoms with E-state index < -0.39 is 0 Å². The molecule has 1 aliphatic heterocycles. The average molecular weight is 296 g/mol. The van der Waals surface area contributed by atoms with Crippen LogP contribution in [-0.2, 0) is 9.53 Å². The quantitative estimate of drug-likeness (QED) is 0.819. The molecule has 3 unspecified atom stereocenters. The van der Waals surface area contributed by atoms with Crippen molar-refractivity contribution in [3.05, 3.63) is 0 Å². The van der Waals surface area contributed by atoms with Crippen molar-refractivity contribution in [3.8, 4) is 0 Å². The summed E-state index contributed by atoms with van der Waals surface area (Å²) in [6.45, 7) is 5.76. The van der Waals surface area contributed by atoms with E-state index in [0.29, 0.717) is 12.5 Å². The summed E-state index contributed by atoms with van der Waals surface area (Å²) in [5, 5.41) is 3.30. The van der Waals surface area contributed by atoms with Crippen LogP contribution in [0.1, 0.15) is 65.2 Å². The first-order valence-corrected chi connectivity index (χ1v) is 8.78. The molecule has 1 heterocycles. The predicted molar refractivity (Wildman–Crippen MR) is 84.9 cm³/mol. The van der Waals surface area contributed by atoms with Crippen LogP contribution in [0.5, 0.6) is 0 Å². The van der Waals surface area contributed by atoms with Crippen molar-refractivity contribution in [1.82, 2.24) is 5.32 Å². The van der Waals surface area contributed by atoms with E-state index in [-0.39, 0.29) is 23.5 Å². The molecule has 122 valence electrons. The lowest BCUT2D eigenvalue weighted by Crippen LogP contribution is -2.50. The number of amides is 1. The first kappa shape index (κ1) is 16.8. The van der Waals surface area contributed by atoms with Crippen LogP contribution in [-0.4, -0.2) is 30.7 Å². The molecule has 0 aromatic heterocycles. The summed E-state index contributed by atoms with van der Waals surface area (Å²) in [6.07, 6.45) is 8.42. The Bertz CT molecular complexity index is 342. The summed E-state index contributed by atoms with van der Waals surface area (Å²) in [4.78, 5) is 12.6. The molecule has 1 aliphatic carbocycles. The van der Waals surface area contributed by atoms with Crippen molar-refractivity contribution >= 4 is 5.91 Å². The summed E-state index contributed by atoms with van der Waals surface area (Å²) < 4.78 is 5.99. The average Bonchev–Trinajstić information content (AvgIpc) is 2.54. The maximum atomic E-state index is 12.6. The highest BCUT2D eigenvalue weighted by molar-refractivity contribution is 5.79. The largest absolute Gasteiger partial charge is 0.375 e. The normalized spacial score (nSPS) is 32.6.